The SMILES string of the molecule is C[C@@H](c1ccon1)N(C)C(=O)C[C@@]1(c2ccccc2)CC(=O)N(CCc2ccccn2)C1=O. The predicted octanol–water partition coefficient (Wildman–Crippen LogP) is 2.92. The van der Waals surface area contributed by atoms with Crippen LogP contribution in [0.2, 0.25) is 0 Å². The van der Waals surface area contributed by atoms with Gasteiger partial charge in [0, 0.05) is 50.8 Å². The number of pyridine rings is 1. The van der Waals surface area contributed by atoms with Crippen LogP contribution in [0.5, 0.6) is 0 Å². The van der Waals surface area contributed by atoms with Gasteiger partial charge in [-0.25, -0.2) is 0 Å². The number of hydrogen-bond donors (Lipinski definition) is 0. The van der Waals surface area contributed by atoms with Crippen molar-refractivity contribution in [3.8, 4) is 0 Å². The number of carbonyl (C=O) groups excluding carboxylic acids is 3. The maximum atomic E-state index is 13.7. The van der Waals surface area contributed by atoms with Gasteiger partial charge >= 0.3 is 0 Å². The van der Waals surface area contributed by atoms with Crippen LogP contribution in [-0.4, -0.2) is 51.3 Å². The van der Waals surface area contributed by atoms with Gasteiger partial charge in [-0.05, 0) is 24.6 Å². The van der Waals surface area contributed by atoms with Gasteiger partial charge in [-0.3, -0.25) is 24.3 Å². The van der Waals surface area contributed by atoms with Crippen LogP contribution < -0.4 is 0 Å². The van der Waals surface area contributed by atoms with Crippen molar-refractivity contribution in [3.63, 3.8) is 0 Å². The van der Waals surface area contributed by atoms with E-state index in [0.717, 1.165) is 5.69 Å². The summed E-state index contributed by atoms with van der Waals surface area (Å²) in [5, 5.41) is 3.92. The Kier molecular flexibility index (Phi) is 6.35. The number of likely N-dealkylation sites (tertiary alicyclic amines) is 1. The third kappa shape index (κ3) is 4.41. The summed E-state index contributed by atoms with van der Waals surface area (Å²) in [5.41, 5.74) is 0.842. The third-order valence-corrected chi connectivity index (χ3v) is 6.37. The van der Waals surface area contributed by atoms with Crippen LogP contribution in [0.15, 0.2) is 71.6 Å². The molecule has 8 heteroatoms. The molecule has 0 saturated carbocycles. The van der Waals surface area contributed by atoms with E-state index in [2.05, 4.69) is 10.1 Å². The Morgan fingerprint density at radius 1 is 1.15 bits per heavy atom. The van der Waals surface area contributed by atoms with Crippen LogP contribution in [-0.2, 0) is 26.2 Å². The minimum Gasteiger partial charge on any atom is -0.364 e. The van der Waals surface area contributed by atoms with Crippen LogP contribution in [0.25, 0.3) is 0 Å². The number of carbonyl (C=O) groups is 3. The fourth-order valence-corrected chi connectivity index (χ4v) is 4.26. The van der Waals surface area contributed by atoms with Gasteiger partial charge in [0.05, 0.1) is 11.5 Å². The number of amides is 3. The fraction of sp³-hybridized carbons (Fsp3) is 0.320. The average Bonchev–Trinajstić information content (AvgIpc) is 3.46. The van der Waals surface area contributed by atoms with E-state index >= 15 is 0 Å². The third-order valence-electron chi connectivity index (χ3n) is 6.37. The molecule has 3 amide bonds. The van der Waals surface area contributed by atoms with Gasteiger partial charge in [0.25, 0.3) is 0 Å². The van der Waals surface area contributed by atoms with Crippen LogP contribution in [0.4, 0.5) is 0 Å². The second kappa shape index (κ2) is 9.36. The number of aromatic nitrogens is 2. The molecule has 2 aromatic heterocycles. The average molecular weight is 447 g/mol. The van der Waals surface area contributed by atoms with Gasteiger partial charge in [0.1, 0.15) is 12.0 Å². The van der Waals surface area contributed by atoms with E-state index in [0.29, 0.717) is 17.7 Å². The van der Waals surface area contributed by atoms with Crippen LogP contribution in [0.3, 0.4) is 0 Å². The fourth-order valence-electron chi connectivity index (χ4n) is 4.26. The second-order valence-corrected chi connectivity index (χ2v) is 8.33. The zero-order chi connectivity index (χ0) is 23.4. The molecule has 3 heterocycles. The summed E-state index contributed by atoms with van der Waals surface area (Å²) >= 11 is 0. The van der Waals surface area contributed by atoms with Gasteiger partial charge in [0.15, 0.2) is 0 Å². The van der Waals surface area contributed by atoms with Gasteiger partial charge < -0.3 is 9.42 Å². The first-order valence-electron chi connectivity index (χ1n) is 10.9. The Labute approximate surface area is 192 Å². The summed E-state index contributed by atoms with van der Waals surface area (Å²) in [7, 11) is 1.67. The van der Waals surface area contributed by atoms with E-state index in [9.17, 15) is 14.4 Å². The zero-order valence-electron chi connectivity index (χ0n) is 18.7. The molecule has 0 bridgehead atoms. The highest BCUT2D eigenvalue weighted by molar-refractivity contribution is 6.10. The number of nitrogens with zero attached hydrogens (tertiary/aromatic N) is 4. The van der Waals surface area contributed by atoms with Gasteiger partial charge in [-0.1, -0.05) is 41.6 Å². The lowest BCUT2D eigenvalue weighted by molar-refractivity contribution is -0.142. The van der Waals surface area contributed by atoms with Gasteiger partial charge in [-0.15, -0.1) is 0 Å². The molecule has 1 aromatic carbocycles. The largest absolute Gasteiger partial charge is 0.364 e. The smallest absolute Gasteiger partial charge is 0.240 e. The molecule has 0 radical (unpaired) electrons. The first-order valence-corrected chi connectivity index (χ1v) is 10.9. The number of benzene rings is 1. The quantitative estimate of drug-likeness (QED) is 0.494. The van der Waals surface area contributed by atoms with Gasteiger partial charge in [0.2, 0.25) is 17.7 Å². The molecule has 1 aliphatic rings. The lowest BCUT2D eigenvalue weighted by Crippen LogP contribution is -2.43. The Morgan fingerprint density at radius 3 is 2.58 bits per heavy atom. The van der Waals surface area contributed by atoms with Crippen LogP contribution >= 0.6 is 0 Å². The molecule has 8 nitrogen and oxygen atoms in total. The highest BCUT2D eigenvalue weighted by Gasteiger charge is 2.53. The molecule has 0 N–H and O–H groups in total. The van der Waals surface area contributed by atoms with Gasteiger partial charge in [-0.2, -0.15) is 0 Å². The van der Waals surface area contributed by atoms with Crippen molar-refractivity contribution < 1.29 is 18.9 Å². The number of hydrogen-bond acceptors (Lipinski definition) is 6. The van der Waals surface area contributed by atoms with E-state index < -0.39 is 5.41 Å². The summed E-state index contributed by atoms with van der Waals surface area (Å²) in [5.74, 6) is -0.868. The van der Waals surface area contributed by atoms with E-state index in [1.54, 1.807) is 19.3 Å². The van der Waals surface area contributed by atoms with E-state index in [1.165, 1.54) is 16.1 Å². The van der Waals surface area contributed by atoms with Crippen molar-refractivity contribution in [2.24, 2.45) is 0 Å². The lowest BCUT2D eigenvalue weighted by Gasteiger charge is -2.31. The first-order chi connectivity index (χ1) is 15.9. The highest BCUT2D eigenvalue weighted by atomic mass is 16.5. The van der Waals surface area contributed by atoms with E-state index in [-0.39, 0.29) is 43.1 Å². The van der Waals surface area contributed by atoms with Crippen molar-refractivity contribution in [2.45, 2.75) is 37.6 Å². The zero-order valence-corrected chi connectivity index (χ0v) is 18.7. The van der Waals surface area contributed by atoms with E-state index in [4.69, 9.17) is 4.52 Å². The van der Waals surface area contributed by atoms with Crippen molar-refractivity contribution in [3.05, 3.63) is 84.0 Å². The van der Waals surface area contributed by atoms with Crippen LogP contribution in [0.1, 0.15) is 42.8 Å². The molecule has 0 aliphatic carbocycles. The molecule has 3 aromatic rings. The molecule has 0 spiro atoms. The molecular weight excluding hydrogens is 420 g/mol. The molecule has 1 fully saturated rings. The number of rotatable bonds is 8. The standard InChI is InChI=1S/C25H26N4O4/c1-18(21-12-15-33-27-21)28(2)22(30)16-25(19-8-4-3-5-9-19)17-23(31)29(24(25)32)14-11-20-10-6-7-13-26-20/h3-10,12-13,15,18H,11,14,16-17H2,1-2H3/t18-,25-/m0/s1. The molecule has 2 atom stereocenters. The maximum Gasteiger partial charge on any atom is 0.240 e. The summed E-state index contributed by atoms with van der Waals surface area (Å²) in [6.45, 7) is 2.06. The predicted molar refractivity (Wildman–Crippen MR) is 120 cm³/mol. The molecular formula is C25H26N4O4. The Bertz CT molecular complexity index is 1120. The monoisotopic (exact) mass is 446 g/mol. The summed E-state index contributed by atoms with van der Waals surface area (Å²) in [4.78, 5) is 47.1. The van der Waals surface area contributed by atoms with Crippen molar-refractivity contribution >= 4 is 17.7 Å². The molecule has 33 heavy (non-hydrogen) atoms. The Balaban J connectivity index is 1.59. The number of imide groups is 1. The van der Waals surface area contributed by atoms with E-state index in [1.807, 2.05) is 55.5 Å². The summed E-state index contributed by atoms with van der Waals surface area (Å²) < 4.78 is 4.90. The summed E-state index contributed by atoms with van der Waals surface area (Å²) in [6.07, 6.45) is 3.44. The molecule has 170 valence electrons. The first kappa shape index (κ1) is 22.4. The Morgan fingerprint density at radius 2 is 1.91 bits per heavy atom. The van der Waals surface area contributed by atoms with Crippen molar-refractivity contribution in [1.29, 1.82) is 0 Å². The minimum atomic E-state index is -1.24. The van der Waals surface area contributed by atoms with Crippen LogP contribution in [0, 0.1) is 0 Å². The maximum absolute atomic E-state index is 13.7. The van der Waals surface area contributed by atoms with Crippen molar-refractivity contribution in [1.82, 2.24) is 19.9 Å². The molecule has 4 rings (SSSR count). The minimum absolute atomic E-state index is 0.0456. The summed E-state index contributed by atoms with van der Waals surface area (Å²) in [6, 6.07) is 16.0. The lowest BCUT2D eigenvalue weighted by atomic mass is 9.75. The topological polar surface area (TPSA) is 96.6 Å². The van der Waals surface area contributed by atoms with Crippen molar-refractivity contribution in [2.75, 3.05) is 13.6 Å². The molecule has 0 unspecified atom stereocenters. The molecule has 1 aliphatic heterocycles. The highest BCUT2D eigenvalue weighted by Crippen LogP contribution is 2.40. The molecule has 1 saturated heterocycles. The Hall–Kier alpha value is -3.81. The normalized spacial score (nSPS) is 19.0. The second-order valence-electron chi connectivity index (χ2n) is 8.33.